The van der Waals surface area contributed by atoms with Gasteiger partial charge in [-0.05, 0) is 36.2 Å². The van der Waals surface area contributed by atoms with Crippen LogP contribution in [0.15, 0.2) is 66.7 Å². The molecule has 0 aliphatic carbocycles. The molecule has 1 atom stereocenters. The third kappa shape index (κ3) is 3.35. The Balaban J connectivity index is 1.28. The van der Waals surface area contributed by atoms with Gasteiger partial charge in [0.2, 0.25) is 12.7 Å². The molecule has 3 aromatic carbocycles. The van der Waals surface area contributed by atoms with Crippen LogP contribution in [-0.2, 0) is 4.79 Å². The number of nitrogens with one attached hydrogen (secondary N) is 1. The number of benzene rings is 3. The number of carbonyl (C=O) groups excluding carboxylic acids is 1. The standard InChI is InChI=1S/C24H21NO5/c26-18(15-9-10-21-22(13-15)29-14-28-21)11-12-25-24(27)23-16-5-1-3-7-19(16)30-20-8-4-2-6-17(20)23/h1-10,13,18,23,26H,11-12,14H2,(H,25,27). The molecule has 0 saturated heterocycles. The first-order valence-electron chi connectivity index (χ1n) is 9.92. The predicted molar refractivity (Wildman–Crippen MR) is 110 cm³/mol. The zero-order valence-corrected chi connectivity index (χ0v) is 16.2. The minimum absolute atomic E-state index is 0.115. The highest BCUT2D eigenvalue weighted by molar-refractivity contribution is 5.89. The van der Waals surface area contributed by atoms with Crippen LogP contribution in [0, 0.1) is 0 Å². The SMILES string of the molecule is O=C(NCCC(O)c1ccc2c(c1)OCO2)C1c2ccccc2Oc2ccccc21. The molecule has 6 heteroatoms. The second-order valence-electron chi connectivity index (χ2n) is 7.32. The molecule has 30 heavy (non-hydrogen) atoms. The van der Waals surface area contributed by atoms with E-state index < -0.39 is 12.0 Å². The molecular formula is C24H21NO5. The maximum atomic E-state index is 13.1. The summed E-state index contributed by atoms with van der Waals surface area (Å²) < 4.78 is 16.6. The molecule has 0 spiro atoms. The van der Waals surface area contributed by atoms with Gasteiger partial charge in [-0.25, -0.2) is 0 Å². The first kappa shape index (κ1) is 18.5. The molecule has 3 aromatic rings. The second kappa shape index (κ2) is 7.72. The first-order chi connectivity index (χ1) is 14.7. The van der Waals surface area contributed by atoms with Crippen LogP contribution < -0.4 is 19.5 Å². The van der Waals surface area contributed by atoms with Gasteiger partial charge in [0.25, 0.3) is 0 Å². The lowest BCUT2D eigenvalue weighted by Gasteiger charge is -2.27. The lowest BCUT2D eigenvalue weighted by molar-refractivity contribution is -0.121. The van der Waals surface area contributed by atoms with Crippen molar-refractivity contribution in [2.45, 2.75) is 18.4 Å². The molecular weight excluding hydrogens is 382 g/mol. The largest absolute Gasteiger partial charge is 0.457 e. The molecule has 0 radical (unpaired) electrons. The van der Waals surface area contributed by atoms with Gasteiger partial charge in [0.15, 0.2) is 11.5 Å². The molecule has 2 aliphatic rings. The van der Waals surface area contributed by atoms with Crippen molar-refractivity contribution >= 4 is 5.91 Å². The molecule has 1 amide bonds. The van der Waals surface area contributed by atoms with Crippen LogP contribution in [0.5, 0.6) is 23.0 Å². The Labute approximate surface area is 174 Å². The number of amides is 1. The molecule has 1 unspecified atom stereocenters. The minimum atomic E-state index is -0.714. The highest BCUT2D eigenvalue weighted by Crippen LogP contribution is 2.44. The second-order valence-corrected chi connectivity index (χ2v) is 7.32. The van der Waals surface area contributed by atoms with E-state index in [1.54, 1.807) is 12.1 Å². The van der Waals surface area contributed by atoms with Crippen molar-refractivity contribution in [3.8, 4) is 23.0 Å². The van der Waals surface area contributed by atoms with Gasteiger partial charge >= 0.3 is 0 Å². The molecule has 2 N–H and O–H groups in total. The van der Waals surface area contributed by atoms with E-state index in [1.165, 1.54) is 0 Å². The average Bonchev–Trinajstić information content (AvgIpc) is 3.25. The maximum Gasteiger partial charge on any atom is 0.232 e. The van der Waals surface area contributed by atoms with E-state index in [-0.39, 0.29) is 12.7 Å². The Kier molecular flexibility index (Phi) is 4.77. The van der Waals surface area contributed by atoms with Crippen molar-refractivity contribution in [3.05, 3.63) is 83.4 Å². The summed E-state index contributed by atoms with van der Waals surface area (Å²) >= 11 is 0. The van der Waals surface area contributed by atoms with E-state index in [4.69, 9.17) is 14.2 Å². The number of hydrogen-bond donors (Lipinski definition) is 2. The zero-order valence-electron chi connectivity index (χ0n) is 16.2. The van der Waals surface area contributed by atoms with Crippen molar-refractivity contribution in [2.24, 2.45) is 0 Å². The van der Waals surface area contributed by atoms with Gasteiger partial charge in [0, 0.05) is 17.7 Å². The van der Waals surface area contributed by atoms with E-state index in [0.29, 0.717) is 36.0 Å². The van der Waals surface area contributed by atoms with Crippen molar-refractivity contribution < 1.29 is 24.1 Å². The molecule has 5 rings (SSSR count). The zero-order chi connectivity index (χ0) is 20.5. The molecule has 2 heterocycles. The number of hydrogen-bond acceptors (Lipinski definition) is 5. The number of ether oxygens (including phenoxy) is 3. The van der Waals surface area contributed by atoms with E-state index in [0.717, 1.165) is 16.7 Å². The van der Waals surface area contributed by atoms with Gasteiger partial charge in [-0.1, -0.05) is 42.5 Å². The van der Waals surface area contributed by atoms with Gasteiger partial charge < -0.3 is 24.6 Å². The van der Waals surface area contributed by atoms with Crippen LogP contribution in [0.4, 0.5) is 0 Å². The van der Waals surface area contributed by atoms with Crippen LogP contribution in [-0.4, -0.2) is 24.4 Å². The fraction of sp³-hybridized carbons (Fsp3) is 0.208. The molecule has 2 aliphatic heterocycles. The number of aliphatic hydroxyl groups excluding tert-OH is 1. The molecule has 0 aromatic heterocycles. The van der Waals surface area contributed by atoms with Crippen LogP contribution in [0.2, 0.25) is 0 Å². The lowest BCUT2D eigenvalue weighted by Crippen LogP contribution is -2.32. The summed E-state index contributed by atoms with van der Waals surface area (Å²) in [7, 11) is 0. The first-order valence-corrected chi connectivity index (χ1v) is 9.92. The summed E-state index contributed by atoms with van der Waals surface area (Å²) in [6.45, 7) is 0.537. The van der Waals surface area contributed by atoms with Gasteiger partial charge in [-0.15, -0.1) is 0 Å². The van der Waals surface area contributed by atoms with Crippen molar-refractivity contribution in [1.29, 1.82) is 0 Å². The van der Waals surface area contributed by atoms with Crippen molar-refractivity contribution in [2.75, 3.05) is 13.3 Å². The Morgan fingerprint density at radius 3 is 2.33 bits per heavy atom. The van der Waals surface area contributed by atoms with Crippen LogP contribution in [0.1, 0.15) is 35.1 Å². The number of para-hydroxylation sites is 2. The molecule has 152 valence electrons. The predicted octanol–water partition coefficient (Wildman–Crippen LogP) is 3.89. The quantitative estimate of drug-likeness (QED) is 0.676. The highest BCUT2D eigenvalue weighted by atomic mass is 16.7. The molecule has 6 nitrogen and oxygen atoms in total. The Morgan fingerprint density at radius 1 is 0.933 bits per heavy atom. The number of rotatable bonds is 5. The lowest BCUT2D eigenvalue weighted by atomic mass is 9.87. The van der Waals surface area contributed by atoms with E-state index in [9.17, 15) is 9.90 Å². The smallest absolute Gasteiger partial charge is 0.232 e. The Hall–Kier alpha value is -3.51. The summed E-state index contributed by atoms with van der Waals surface area (Å²) in [5.41, 5.74) is 2.41. The van der Waals surface area contributed by atoms with Crippen LogP contribution in [0.25, 0.3) is 0 Å². The fourth-order valence-electron chi connectivity index (χ4n) is 3.91. The van der Waals surface area contributed by atoms with Gasteiger partial charge in [0.05, 0.1) is 12.0 Å². The Bertz CT molecular complexity index is 1050. The van der Waals surface area contributed by atoms with Gasteiger partial charge in [-0.3, -0.25) is 4.79 Å². The Morgan fingerprint density at radius 2 is 1.60 bits per heavy atom. The van der Waals surface area contributed by atoms with Crippen LogP contribution >= 0.6 is 0 Å². The minimum Gasteiger partial charge on any atom is -0.457 e. The van der Waals surface area contributed by atoms with Crippen LogP contribution in [0.3, 0.4) is 0 Å². The molecule has 0 fully saturated rings. The fourth-order valence-corrected chi connectivity index (χ4v) is 3.91. The molecule has 0 saturated carbocycles. The van der Waals surface area contributed by atoms with Crippen molar-refractivity contribution in [1.82, 2.24) is 5.32 Å². The van der Waals surface area contributed by atoms with Gasteiger partial charge in [-0.2, -0.15) is 0 Å². The normalized spacial score (nSPS) is 15.0. The van der Waals surface area contributed by atoms with Crippen molar-refractivity contribution in [3.63, 3.8) is 0 Å². The summed E-state index contributed by atoms with van der Waals surface area (Å²) in [5, 5.41) is 13.5. The van der Waals surface area contributed by atoms with E-state index in [1.807, 2.05) is 54.6 Å². The van der Waals surface area contributed by atoms with Gasteiger partial charge in [0.1, 0.15) is 11.5 Å². The highest BCUT2D eigenvalue weighted by Gasteiger charge is 2.32. The number of aliphatic hydroxyl groups is 1. The number of fused-ring (bicyclic) bond motifs is 3. The summed E-state index contributed by atoms with van der Waals surface area (Å²) in [6, 6.07) is 20.5. The monoisotopic (exact) mass is 403 g/mol. The third-order valence-corrected chi connectivity index (χ3v) is 5.44. The summed E-state index contributed by atoms with van der Waals surface area (Å²) in [4.78, 5) is 13.1. The number of carbonyl (C=O) groups is 1. The summed E-state index contributed by atoms with van der Waals surface area (Å²) in [6.07, 6.45) is -0.327. The molecule has 0 bridgehead atoms. The maximum absolute atomic E-state index is 13.1. The average molecular weight is 403 g/mol. The van der Waals surface area contributed by atoms with E-state index >= 15 is 0 Å². The summed E-state index contributed by atoms with van der Waals surface area (Å²) in [5.74, 6) is 2.13. The van der Waals surface area contributed by atoms with E-state index in [2.05, 4.69) is 5.32 Å². The topological polar surface area (TPSA) is 77.0 Å². The third-order valence-electron chi connectivity index (χ3n) is 5.44.